The average molecular weight is 195 g/mol. The van der Waals surface area contributed by atoms with Gasteiger partial charge in [0.25, 0.3) is 0 Å². The van der Waals surface area contributed by atoms with Crippen molar-refractivity contribution in [2.75, 3.05) is 6.54 Å². The second kappa shape index (κ2) is 7.80. The van der Waals surface area contributed by atoms with Gasteiger partial charge in [0, 0.05) is 12.5 Å². The van der Waals surface area contributed by atoms with E-state index in [0.29, 0.717) is 12.5 Å². The molecule has 1 saturated carbocycles. The van der Waals surface area contributed by atoms with Gasteiger partial charge in [-0.1, -0.05) is 12.8 Å². The number of nitrogens with one attached hydrogen (secondary N) is 1. The number of hydrogen-bond donors (Lipinski definition) is 2. The molecule has 0 atom stereocenters. The van der Waals surface area contributed by atoms with Crippen molar-refractivity contribution in [1.29, 1.82) is 0 Å². The van der Waals surface area contributed by atoms with E-state index in [9.17, 15) is 4.79 Å². The zero-order valence-electron chi connectivity index (χ0n) is 7.38. The van der Waals surface area contributed by atoms with Gasteiger partial charge < -0.3 is 10.4 Å². The van der Waals surface area contributed by atoms with E-state index in [1.165, 1.54) is 25.7 Å². The Morgan fingerprint density at radius 2 is 2.00 bits per heavy atom. The maximum atomic E-state index is 10.2. The molecule has 2 N–H and O–H groups in total. The van der Waals surface area contributed by atoms with Crippen molar-refractivity contribution in [1.82, 2.24) is 5.32 Å². The summed E-state index contributed by atoms with van der Waals surface area (Å²) in [5.74, 6) is -0.691. The van der Waals surface area contributed by atoms with Crippen molar-refractivity contribution < 1.29 is 9.90 Å². The first-order valence-corrected chi connectivity index (χ1v) is 4.74. The number of hydrogen-bond acceptors (Lipinski definition) is 2. The van der Waals surface area contributed by atoms with Gasteiger partial charge in [-0.15, -0.1) is 0 Å². The Hall–Kier alpha value is 0.430. The van der Waals surface area contributed by atoms with Crippen molar-refractivity contribution in [3.8, 4) is 0 Å². The molecule has 72 valence electrons. The molecule has 1 aliphatic carbocycles. The van der Waals surface area contributed by atoms with Crippen molar-refractivity contribution in [2.45, 2.75) is 44.6 Å². The molecule has 0 radical (unpaired) electrons. The SMILES string of the molecule is O=C(O)CCCNC1CCCC1.[NaH]. The van der Waals surface area contributed by atoms with Crippen LogP contribution >= 0.6 is 0 Å². The first-order chi connectivity index (χ1) is 5.79. The predicted molar refractivity (Wildman–Crippen MR) is 54.3 cm³/mol. The molecule has 4 heteroatoms. The van der Waals surface area contributed by atoms with Crippen LogP contribution in [0.1, 0.15) is 38.5 Å². The normalized spacial score (nSPS) is 16.9. The van der Waals surface area contributed by atoms with Crippen LogP contribution in [-0.2, 0) is 4.79 Å². The van der Waals surface area contributed by atoms with E-state index in [-0.39, 0.29) is 29.6 Å². The Morgan fingerprint density at radius 3 is 2.54 bits per heavy atom. The fraction of sp³-hybridized carbons (Fsp3) is 0.889. The summed E-state index contributed by atoms with van der Waals surface area (Å²) in [6, 6.07) is 0.666. The van der Waals surface area contributed by atoms with Crippen molar-refractivity contribution in [3.63, 3.8) is 0 Å². The predicted octanol–water partition coefficient (Wildman–Crippen LogP) is 0.735. The molecule has 0 saturated heterocycles. The topological polar surface area (TPSA) is 49.3 Å². The molecule has 0 aliphatic heterocycles. The van der Waals surface area contributed by atoms with E-state index in [1.54, 1.807) is 0 Å². The summed E-state index contributed by atoms with van der Waals surface area (Å²) in [5, 5.41) is 11.8. The van der Waals surface area contributed by atoms with Crippen LogP contribution in [0.4, 0.5) is 0 Å². The van der Waals surface area contributed by atoms with Crippen LogP contribution in [0.25, 0.3) is 0 Å². The standard InChI is InChI=1S/C9H17NO2.Na.H/c11-9(12)6-3-7-10-8-4-1-2-5-8;;/h8,10H,1-7H2,(H,11,12);;. The molecule has 0 heterocycles. The zero-order valence-corrected chi connectivity index (χ0v) is 7.38. The number of carbonyl (C=O) groups is 1. The first-order valence-electron chi connectivity index (χ1n) is 4.74. The zero-order chi connectivity index (χ0) is 8.81. The molecular weight excluding hydrogens is 177 g/mol. The summed E-state index contributed by atoms with van der Waals surface area (Å²) >= 11 is 0. The fourth-order valence-corrected chi connectivity index (χ4v) is 1.68. The molecule has 0 bridgehead atoms. The number of aliphatic carboxylic acids is 1. The minimum atomic E-state index is -0.691. The van der Waals surface area contributed by atoms with E-state index in [1.807, 2.05) is 0 Å². The van der Waals surface area contributed by atoms with E-state index in [0.717, 1.165) is 13.0 Å². The molecule has 0 amide bonds. The van der Waals surface area contributed by atoms with Crippen LogP contribution in [0.5, 0.6) is 0 Å². The summed E-state index contributed by atoms with van der Waals surface area (Å²) in [4.78, 5) is 10.2. The summed E-state index contributed by atoms with van der Waals surface area (Å²) in [7, 11) is 0. The third kappa shape index (κ3) is 6.49. The molecule has 1 aliphatic rings. The molecule has 0 aromatic rings. The van der Waals surface area contributed by atoms with E-state index < -0.39 is 5.97 Å². The summed E-state index contributed by atoms with van der Waals surface area (Å²) in [5.41, 5.74) is 0. The summed E-state index contributed by atoms with van der Waals surface area (Å²) in [6.07, 6.45) is 6.25. The van der Waals surface area contributed by atoms with Crippen molar-refractivity contribution in [2.24, 2.45) is 0 Å². The Balaban J connectivity index is 0.00000144. The molecule has 1 rings (SSSR count). The fourth-order valence-electron chi connectivity index (χ4n) is 1.68. The number of carboxylic acids is 1. The van der Waals surface area contributed by atoms with Gasteiger partial charge in [0.2, 0.25) is 0 Å². The second-order valence-corrected chi connectivity index (χ2v) is 3.43. The van der Waals surface area contributed by atoms with Crippen LogP contribution < -0.4 is 5.32 Å². The summed E-state index contributed by atoms with van der Waals surface area (Å²) in [6.45, 7) is 0.858. The van der Waals surface area contributed by atoms with Crippen LogP contribution in [0.3, 0.4) is 0 Å². The van der Waals surface area contributed by atoms with Gasteiger partial charge in [0.05, 0.1) is 0 Å². The Bertz CT molecular complexity index is 147. The minimum absolute atomic E-state index is 0. The third-order valence-electron chi connectivity index (χ3n) is 2.36. The molecule has 0 aromatic carbocycles. The van der Waals surface area contributed by atoms with E-state index in [2.05, 4.69) is 5.32 Å². The van der Waals surface area contributed by atoms with Gasteiger partial charge in [0.1, 0.15) is 0 Å². The Labute approximate surface area is 102 Å². The maximum absolute atomic E-state index is 10.2. The van der Waals surface area contributed by atoms with Crippen LogP contribution in [-0.4, -0.2) is 53.2 Å². The van der Waals surface area contributed by atoms with Crippen LogP contribution in [0.15, 0.2) is 0 Å². The monoisotopic (exact) mass is 195 g/mol. The Kier molecular flexibility index (Phi) is 8.06. The molecular formula is C9H18NNaO2. The molecule has 3 nitrogen and oxygen atoms in total. The van der Waals surface area contributed by atoms with Gasteiger partial charge in [-0.2, -0.15) is 0 Å². The quantitative estimate of drug-likeness (QED) is 0.502. The van der Waals surface area contributed by atoms with Gasteiger partial charge in [-0.3, -0.25) is 4.79 Å². The molecule has 0 spiro atoms. The van der Waals surface area contributed by atoms with Crippen LogP contribution in [0.2, 0.25) is 0 Å². The van der Waals surface area contributed by atoms with Crippen molar-refractivity contribution >= 4 is 35.5 Å². The second-order valence-electron chi connectivity index (χ2n) is 3.43. The third-order valence-corrected chi connectivity index (χ3v) is 2.36. The molecule has 0 unspecified atom stereocenters. The molecule has 1 fully saturated rings. The van der Waals surface area contributed by atoms with E-state index in [4.69, 9.17) is 5.11 Å². The number of rotatable bonds is 5. The Morgan fingerprint density at radius 1 is 1.38 bits per heavy atom. The molecule has 13 heavy (non-hydrogen) atoms. The van der Waals surface area contributed by atoms with Gasteiger partial charge in [-0.05, 0) is 25.8 Å². The first kappa shape index (κ1) is 13.4. The number of carboxylic acid groups (broad SMARTS) is 1. The summed E-state index contributed by atoms with van der Waals surface area (Å²) < 4.78 is 0. The van der Waals surface area contributed by atoms with Crippen LogP contribution in [0, 0.1) is 0 Å². The van der Waals surface area contributed by atoms with Gasteiger partial charge in [-0.25, -0.2) is 0 Å². The van der Waals surface area contributed by atoms with E-state index >= 15 is 0 Å². The molecule has 0 aromatic heterocycles. The average Bonchev–Trinajstić information content (AvgIpc) is 2.49. The van der Waals surface area contributed by atoms with Gasteiger partial charge in [0.15, 0.2) is 0 Å². The van der Waals surface area contributed by atoms with Crippen molar-refractivity contribution in [3.05, 3.63) is 0 Å². The van der Waals surface area contributed by atoms with Gasteiger partial charge >= 0.3 is 35.5 Å².